The second kappa shape index (κ2) is 4.48. The van der Waals surface area contributed by atoms with Gasteiger partial charge in [-0.2, -0.15) is 0 Å². The van der Waals surface area contributed by atoms with Crippen molar-refractivity contribution in [3.05, 3.63) is 0 Å². The first-order valence-electron chi connectivity index (χ1n) is 4.65. The van der Waals surface area contributed by atoms with Crippen molar-refractivity contribution in [3.8, 4) is 0 Å². The number of carbonyl (C=O) groups is 1. The molecule has 0 rings (SSSR count). The molecule has 0 aliphatic heterocycles. The summed E-state index contributed by atoms with van der Waals surface area (Å²) in [7, 11) is 0. The molecule has 1 unspecified atom stereocenters. The average molecular weight is 171 g/mol. The summed E-state index contributed by atoms with van der Waals surface area (Å²) < 4.78 is 0. The van der Waals surface area contributed by atoms with Gasteiger partial charge < -0.3 is 5.32 Å². The summed E-state index contributed by atoms with van der Waals surface area (Å²) in [6.45, 7) is 10.2. The van der Waals surface area contributed by atoms with Crippen molar-refractivity contribution in [2.45, 2.75) is 53.5 Å². The Morgan fingerprint density at radius 2 is 1.92 bits per heavy atom. The van der Waals surface area contributed by atoms with E-state index < -0.39 is 0 Å². The number of amides is 1. The first-order chi connectivity index (χ1) is 5.38. The van der Waals surface area contributed by atoms with E-state index >= 15 is 0 Å². The minimum absolute atomic E-state index is 0.0726. The van der Waals surface area contributed by atoms with E-state index in [-0.39, 0.29) is 11.3 Å². The predicted molar refractivity (Wildman–Crippen MR) is 52.0 cm³/mol. The Bertz CT molecular complexity index is 146. The van der Waals surface area contributed by atoms with Gasteiger partial charge in [-0.1, -0.05) is 34.1 Å². The van der Waals surface area contributed by atoms with Gasteiger partial charge in [-0.15, -0.1) is 0 Å². The molecule has 1 amide bonds. The Morgan fingerprint density at radius 3 is 2.17 bits per heavy atom. The van der Waals surface area contributed by atoms with Gasteiger partial charge in [0.1, 0.15) is 0 Å². The third kappa shape index (κ3) is 4.37. The maximum absolute atomic E-state index is 10.9. The predicted octanol–water partition coefficient (Wildman–Crippen LogP) is 2.34. The molecule has 1 N–H and O–H groups in total. The van der Waals surface area contributed by atoms with E-state index in [2.05, 4.69) is 33.0 Å². The summed E-state index contributed by atoms with van der Waals surface area (Å²) in [5, 5.41) is 2.98. The van der Waals surface area contributed by atoms with Crippen LogP contribution in [0.4, 0.5) is 0 Å². The van der Waals surface area contributed by atoms with Gasteiger partial charge in [0.25, 0.3) is 0 Å². The minimum atomic E-state index is 0.0726. The lowest BCUT2D eigenvalue weighted by Crippen LogP contribution is -2.42. The van der Waals surface area contributed by atoms with Crippen LogP contribution in [0.1, 0.15) is 47.5 Å². The topological polar surface area (TPSA) is 29.1 Å². The van der Waals surface area contributed by atoms with Gasteiger partial charge in [0.15, 0.2) is 0 Å². The number of carbonyl (C=O) groups excluding carboxylic acids is 1. The molecule has 0 radical (unpaired) electrons. The molecule has 2 nitrogen and oxygen atoms in total. The van der Waals surface area contributed by atoms with Gasteiger partial charge in [0, 0.05) is 13.0 Å². The van der Waals surface area contributed by atoms with Crippen molar-refractivity contribution in [1.29, 1.82) is 0 Å². The van der Waals surface area contributed by atoms with Gasteiger partial charge in [-0.05, 0) is 11.8 Å². The van der Waals surface area contributed by atoms with E-state index in [0.29, 0.717) is 6.04 Å². The maximum atomic E-state index is 10.9. The van der Waals surface area contributed by atoms with Gasteiger partial charge >= 0.3 is 0 Å². The van der Waals surface area contributed by atoms with E-state index in [4.69, 9.17) is 0 Å². The van der Waals surface area contributed by atoms with Crippen LogP contribution in [0.3, 0.4) is 0 Å². The van der Waals surface area contributed by atoms with Crippen LogP contribution in [0.25, 0.3) is 0 Å². The highest BCUT2D eigenvalue weighted by molar-refractivity contribution is 5.73. The van der Waals surface area contributed by atoms with Crippen LogP contribution in [-0.2, 0) is 4.79 Å². The van der Waals surface area contributed by atoms with Crippen LogP contribution in [0.2, 0.25) is 0 Å². The molecule has 0 saturated carbocycles. The first-order valence-corrected chi connectivity index (χ1v) is 4.65. The molecule has 0 bridgehead atoms. The molecule has 72 valence electrons. The van der Waals surface area contributed by atoms with Gasteiger partial charge in [0.05, 0.1) is 0 Å². The van der Waals surface area contributed by atoms with Crippen molar-refractivity contribution in [1.82, 2.24) is 5.32 Å². The Balaban J connectivity index is 4.13. The third-order valence-electron chi connectivity index (χ3n) is 2.00. The van der Waals surface area contributed by atoms with Crippen molar-refractivity contribution in [3.63, 3.8) is 0 Å². The standard InChI is InChI=1S/C10H21NO/c1-6-7-9(10(3,4)5)11-8(2)12/h9H,6-7H2,1-5H3,(H,11,12). The highest BCUT2D eigenvalue weighted by atomic mass is 16.1. The van der Waals surface area contributed by atoms with E-state index in [1.165, 1.54) is 0 Å². The molecule has 0 aliphatic rings. The zero-order valence-corrected chi connectivity index (χ0v) is 8.90. The molecule has 2 heteroatoms. The maximum Gasteiger partial charge on any atom is 0.217 e. The van der Waals surface area contributed by atoms with Gasteiger partial charge in [-0.25, -0.2) is 0 Å². The summed E-state index contributed by atoms with van der Waals surface area (Å²) in [5.41, 5.74) is 0.168. The Labute approximate surface area is 75.7 Å². The lowest BCUT2D eigenvalue weighted by molar-refractivity contribution is -0.120. The molecule has 1 atom stereocenters. The Morgan fingerprint density at radius 1 is 1.42 bits per heavy atom. The Hall–Kier alpha value is -0.530. The Kier molecular flexibility index (Phi) is 4.29. The molecule has 0 aromatic rings. The molecule has 0 aromatic heterocycles. The van der Waals surface area contributed by atoms with E-state index in [1.54, 1.807) is 6.92 Å². The molecular weight excluding hydrogens is 150 g/mol. The van der Waals surface area contributed by atoms with Crippen molar-refractivity contribution >= 4 is 5.91 Å². The second-order valence-corrected chi connectivity index (χ2v) is 4.41. The van der Waals surface area contributed by atoms with Crippen molar-refractivity contribution in [2.75, 3.05) is 0 Å². The zero-order valence-electron chi connectivity index (χ0n) is 8.90. The number of hydrogen-bond acceptors (Lipinski definition) is 1. The van der Waals surface area contributed by atoms with Crippen LogP contribution in [0.5, 0.6) is 0 Å². The van der Waals surface area contributed by atoms with Crippen molar-refractivity contribution < 1.29 is 4.79 Å². The number of hydrogen-bond donors (Lipinski definition) is 1. The summed E-state index contributed by atoms with van der Waals surface area (Å²) in [4.78, 5) is 10.9. The second-order valence-electron chi connectivity index (χ2n) is 4.41. The van der Waals surface area contributed by atoms with E-state index in [0.717, 1.165) is 12.8 Å². The number of rotatable bonds is 3. The lowest BCUT2D eigenvalue weighted by atomic mass is 9.84. The van der Waals surface area contributed by atoms with Gasteiger partial charge in [-0.3, -0.25) is 4.79 Å². The summed E-state index contributed by atoms with van der Waals surface area (Å²) in [6.07, 6.45) is 2.17. The first kappa shape index (κ1) is 11.5. The highest BCUT2D eigenvalue weighted by Gasteiger charge is 2.23. The van der Waals surface area contributed by atoms with Crippen LogP contribution < -0.4 is 5.32 Å². The summed E-state index contributed by atoms with van der Waals surface area (Å²) in [5.74, 6) is 0.0726. The van der Waals surface area contributed by atoms with Crippen LogP contribution in [0.15, 0.2) is 0 Å². The fraction of sp³-hybridized carbons (Fsp3) is 0.900. The third-order valence-corrected chi connectivity index (χ3v) is 2.00. The molecule has 12 heavy (non-hydrogen) atoms. The quantitative estimate of drug-likeness (QED) is 0.693. The zero-order chi connectivity index (χ0) is 9.78. The van der Waals surface area contributed by atoms with Crippen LogP contribution in [0, 0.1) is 5.41 Å². The van der Waals surface area contributed by atoms with Crippen molar-refractivity contribution in [2.24, 2.45) is 5.41 Å². The smallest absolute Gasteiger partial charge is 0.217 e. The summed E-state index contributed by atoms with van der Waals surface area (Å²) in [6, 6.07) is 0.306. The van der Waals surface area contributed by atoms with E-state index in [9.17, 15) is 4.79 Å². The fourth-order valence-corrected chi connectivity index (χ4v) is 1.26. The molecule has 0 fully saturated rings. The molecule has 0 heterocycles. The normalized spacial score (nSPS) is 14.1. The molecule has 0 aromatic carbocycles. The number of nitrogens with one attached hydrogen (secondary N) is 1. The minimum Gasteiger partial charge on any atom is -0.353 e. The molecule has 0 spiro atoms. The van der Waals surface area contributed by atoms with Crippen LogP contribution >= 0.6 is 0 Å². The van der Waals surface area contributed by atoms with E-state index in [1.807, 2.05) is 0 Å². The summed E-state index contributed by atoms with van der Waals surface area (Å²) >= 11 is 0. The van der Waals surface area contributed by atoms with Crippen LogP contribution in [-0.4, -0.2) is 11.9 Å². The molecule has 0 saturated heterocycles. The average Bonchev–Trinajstić information content (AvgIpc) is 1.83. The molecule has 0 aliphatic carbocycles. The largest absolute Gasteiger partial charge is 0.353 e. The molecular formula is C10H21NO. The fourth-order valence-electron chi connectivity index (χ4n) is 1.26. The SMILES string of the molecule is CCCC(NC(C)=O)C(C)(C)C. The highest BCUT2D eigenvalue weighted by Crippen LogP contribution is 2.22. The lowest BCUT2D eigenvalue weighted by Gasteiger charge is -2.30. The van der Waals surface area contributed by atoms with Gasteiger partial charge in [0.2, 0.25) is 5.91 Å². The monoisotopic (exact) mass is 171 g/mol.